The van der Waals surface area contributed by atoms with Crippen molar-refractivity contribution in [3.05, 3.63) is 98.5 Å². The first-order chi connectivity index (χ1) is 15.8. The van der Waals surface area contributed by atoms with Gasteiger partial charge in [-0.1, -0.05) is 24.3 Å². The van der Waals surface area contributed by atoms with Crippen molar-refractivity contribution >= 4 is 5.91 Å². The highest BCUT2D eigenvalue weighted by molar-refractivity contribution is 5.82. The number of nitrogens with one attached hydrogen (secondary N) is 1. The van der Waals surface area contributed by atoms with Crippen LogP contribution in [0.3, 0.4) is 0 Å². The number of rotatable bonds is 4. The molecule has 1 atom stereocenters. The molecule has 0 bridgehead atoms. The summed E-state index contributed by atoms with van der Waals surface area (Å²) >= 11 is 0. The molecule has 3 aromatic rings. The number of H-pyrrole nitrogens is 1. The zero-order chi connectivity index (χ0) is 23.3. The maximum absolute atomic E-state index is 14.0. The van der Waals surface area contributed by atoms with E-state index in [0.29, 0.717) is 17.1 Å². The number of benzene rings is 2. The maximum atomic E-state index is 14.0. The van der Waals surface area contributed by atoms with E-state index in [2.05, 4.69) is 9.97 Å². The van der Waals surface area contributed by atoms with Gasteiger partial charge >= 0.3 is 0 Å². The van der Waals surface area contributed by atoms with Gasteiger partial charge in [0.05, 0.1) is 23.2 Å². The van der Waals surface area contributed by atoms with Crippen molar-refractivity contribution in [2.75, 3.05) is 6.54 Å². The fourth-order valence-electron chi connectivity index (χ4n) is 4.43. The second-order valence-electron chi connectivity index (χ2n) is 8.48. The lowest BCUT2D eigenvalue weighted by Gasteiger charge is -2.30. The van der Waals surface area contributed by atoms with Crippen LogP contribution in [0.25, 0.3) is 0 Å². The van der Waals surface area contributed by atoms with Gasteiger partial charge in [-0.05, 0) is 36.6 Å². The van der Waals surface area contributed by atoms with Crippen LogP contribution in [0.2, 0.25) is 0 Å². The highest BCUT2D eigenvalue weighted by Gasteiger charge is 2.48. The Balaban J connectivity index is 1.40. The number of nitrogens with zero attached hydrogens (tertiary/aromatic N) is 2. The summed E-state index contributed by atoms with van der Waals surface area (Å²) in [7, 11) is 0. The number of carbonyl (C=O) groups is 1. The molecule has 9 heteroatoms. The molecule has 2 N–H and O–H groups in total. The van der Waals surface area contributed by atoms with Gasteiger partial charge in [-0.15, -0.1) is 0 Å². The molecule has 170 valence electrons. The molecule has 1 aromatic heterocycles. The molecular weight excluding hydrogens is 435 g/mol. The first-order valence-corrected chi connectivity index (χ1v) is 10.6. The zero-order valence-corrected chi connectivity index (χ0v) is 17.4. The molecule has 0 spiro atoms. The van der Waals surface area contributed by atoms with E-state index in [-0.39, 0.29) is 25.3 Å². The molecule has 1 fully saturated rings. The SMILES string of the molecule is O=C([C@H](O)c1cccc(F)c1F)N1CCc2nc(C3(c4ccc(F)cc4)CC3)[nH]c(=O)c2C1. The molecule has 1 aliphatic carbocycles. The fraction of sp³-hybridized carbons (Fsp3) is 0.292. The van der Waals surface area contributed by atoms with Crippen molar-refractivity contribution in [3.8, 4) is 0 Å². The normalized spacial score (nSPS) is 17.4. The van der Waals surface area contributed by atoms with Crippen LogP contribution in [-0.4, -0.2) is 32.4 Å². The van der Waals surface area contributed by atoms with Gasteiger partial charge in [-0.2, -0.15) is 0 Å². The average molecular weight is 455 g/mol. The van der Waals surface area contributed by atoms with Crippen LogP contribution in [0, 0.1) is 17.5 Å². The minimum atomic E-state index is -1.89. The quantitative estimate of drug-likeness (QED) is 0.634. The number of amides is 1. The van der Waals surface area contributed by atoms with Gasteiger partial charge < -0.3 is 15.0 Å². The second-order valence-corrected chi connectivity index (χ2v) is 8.48. The van der Waals surface area contributed by atoms with Crippen molar-refractivity contribution in [2.24, 2.45) is 0 Å². The third kappa shape index (κ3) is 3.62. The smallest absolute Gasteiger partial charge is 0.256 e. The zero-order valence-electron chi connectivity index (χ0n) is 17.4. The standard InChI is InChI=1S/C24H20F3N3O3/c25-14-6-4-13(5-7-14)24(9-10-24)23-28-18-8-11-30(12-16(18)21(32)29-23)22(33)20(31)15-2-1-3-17(26)19(15)27/h1-7,20,31H,8-12H2,(H,28,29,32)/t20-/m1/s1. The van der Waals surface area contributed by atoms with E-state index in [1.54, 1.807) is 12.1 Å². The number of aliphatic hydroxyl groups is 1. The maximum Gasteiger partial charge on any atom is 0.256 e. The number of fused-ring (bicyclic) bond motifs is 1. The molecule has 33 heavy (non-hydrogen) atoms. The van der Waals surface area contributed by atoms with Crippen molar-refractivity contribution in [2.45, 2.75) is 37.3 Å². The van der Waals surface area contributed by atoms with Gasteiger partial charge in [0.25, 0.3) is 11.5 Å². The topological polar surface area (TPSA) is 86.3 Å². The number of hydrogen-bond donors (Lipinski definition) is 2. The van der Waals surface area contributed by atoms with E-state index >= 15 is 0 Å². The predicted molar refractivity (Wildman–Crippen MR) is 112 cm³/mol. The van der Waals surface area contributed by atoms with Gasteiger partial charge in [0.1, 0.15) is 11.6 Å². The van der Waals surface area contributed by atoms with Crippen LogP contribution in [-0.2, 0) is 23.2 Å². The molecule has 2 aromatic carbocycles. The summed E-state index contributed by atoms with van der Waals surface area (Å²) in [5.74, 6) is -3.09. The Morgan fingerprint density at radius 2 is 1.85 bits per heavy atom. The molecule has 1 amide bonds. The predicted octanol–water partition coefficient (Wildman–Crippen LogP) is 2.89. The lowest BCUT2D eigenvalue weighted by molar-refractivity contribution is -0.141. The Morgan fingerprint density at radius 3 is 2.55 bits per heavy atom. The molecule has 0 saturated heterocycles. The van der Waals surface area contributed by atoms with Gasteiger partial charge in [0.15, 0.2) is 17.7 Å². The molecular formula is C24H20F3N3O3. The highest BCUT2D eigenvalue weighted by Crippen LogP contribution is 2.52. The summed E-state index contributed by atoms with van der Waals surface area (Å²) < 4.78 is 40.8. The lowest BCUT2D eigenvalue weighted by Crippen LogP contribution is -2.42. The van der Waals surface area contributed by atoms with Crippen molar-refractivity contribution < 1.29 is 23.1 Å². The van der Waals surface area contributed by atoms with E-state index in [4.69, 9.17) is 0 Å². The third-order valence-corrected chi connectivity index (χ3v) is 6.49. The minimum absolute atomic E-state index is 0.103. The monoisotopic (exact) mass is 455 g/mol. The van der Waals surface area contributed by atoms with E-state index in [1.807, 2.05) is 0 Å². The Labute approximate surface area is 186 Å². The van der Waals surface area contributed by atoms with Crippen LogP contribution in [0.4, 0.5) is 13.2 Å². The summed E-state index contributed by atoms with van der Waals surface area (Å²) in [6.45, 7) is 0.0631. The summed E-state index contributed by atoms with van der Waals surface area (Å²) in [5, 5.41) is 10.3. The molecule has 5 rings (SSSR count). The molecule has 6 nitrogen and oxygen atoms in total. The summed E-state index contributed by atoms with van der Waals surface area (Å²) in [6, 6.07) is 9.38. The van der Waals surface area contributed by atoms with Crippen LogP contribution in [0.5, 0.6) is 0 Å². The Bertz CT molecular complexity index is 1300. The summed E-state index contributed by atoms with van der Waals surface area (Å²) in [5.41, 5.74) is 0.410. The molecule has 2 heterocycles. The van der Waals surface area contributed by atoms with Gasteiger partial charge in [-0.3, -0.25) is 9.59 Å². The number of aromatic nitrogens is 2. The lowest BCUT2D eigenvalue weighted by atomic mass is 9.94. The number of carbonyl (C=O) groups excluding carboxylic acids is 1. The largest absolute Gasteiger partial charge is 0.378 e. The number of aliphatic hydroxyl groups excluding tert-OH is 1. The average Bonchev–Trinajstić information content (AvgIpc) is 3.62. The molecule has 0 unspecified atom stereocenters. The van der Waals surface area contributed by atoms with E-state index in [0.717, 1.165) is 30.5 Å². The Hall–Kier alpha value is -3.46. The second kappa shape index (κ2) is 7.84. The number of hydrogen-bond acceptors (Lipinski definition) is 4. The molecule has 0 radical (unpaired) electrons. The van der Waals surface area contributed by atoms with Crippen molar-refractivity contribution in [3.63, 3.8) is 0 Å². The van der Waals surface area contributed by atoms with Crippen LogP contribution < -0.4 is 5.56 Å². The van der Waals surface area contributed by atoms with E-state index in [1.165, 1.54) is 23.1 Å². The van der Waals surface area contributed by atoms with Crippen LogP contribution in [0.1, 0.15) is 47.2 Å². The molecule has 1 saturated carbocycles. The Morgan fingerprint density at radius 1 is 1.12 bits per heavy atom. The van der Waals surface area contributed by atoms with Gasteiger partial charge in [0.2, 0.25) is 0 Å². The molecule has 2 aliphatic rings. The Kier molecular flexibility index (Phi) is 5.08. The van der Waals surface area contributed by atoms with Crippen LogP contribution >= 0.6 is 0 Å². The van der Waals surface area contributed by atoms with E-state index in [9.17, 15) is 27.9 Å². The third-order valence-electron chi connectivity index (χ3n) is 6.49. The van der Waals surface area contributed by atoms with Gasteiger partial charge in [0, 0.05) is 18.5 Å². The van der Waals surface area contributed by atoms with E-state index < -0.39 is 40.2 Å². The first kappa shape index (κ1) is 21.4. The van der Waals surface area contributed by atoms with Crippen molar-refractivity contribution in [1.82, 2.24) is 14.9 Å². The summed E-state index contributed by atoms with van der Waals surface area (Å²) in [4.78, 5) is 34.4. The fourth-order valence-corrected chi connectivity index (χ4v) is 4.43. The van der Waals surface area contributed by atoms with Crippen LogP contribution in [0.15, 0.2) is 47.3 Å². The van der Waals surface area contributed by atoms with Crippen molar-refractivity contribution in [1.29, 1.82) is 0 Å². The summed E-state index contributed by atoms with van der Waals surface area (Å²) in [6.07, 6.45) is -0.0653. The minimum Gasteiger partial charge on any atom is -0.378 e. The molecule has 1 aliphatic heterocycles. The first-order valence-electron chi connectivity index (χ1n) is 10.6. The highest BCUT2D eigenvalue weighted by atomic mass is 19.2. The number of halogens is 3. The number of aromatic amines is 1. The van der Waals surface area contributed by atoms with Gasteiger partial charge in [-0.25, -0.2) is 18.2 Å².